The number of benzene rings is 5. The minimum absolute atomic E-state index is 0.125. The molecular formula is C27H24O2. The molecule has 0 radical (unpaired) electrons. The largest absolute Gasteiger partial charge is 0.394 e. The zero-order valence-electron chi connectivity index (χ0n) is 16.5. The molecule has 0 atom stereocenters. The quantitative estimate of drug-likeness (QED) is 0.364. The molecule has 0 unspecified atom stereocenters. The molecule has 0 fully saturated rings. The lowest BCUT2D eigenvalue weighted by atomic mass is 9.92. The zero-order valence-corrected chi connectivity index (χ0v) is 16.5. The Morgan fingerprint density at radius 2 is 0.966 bits per heavy atom. The van der Waals surface area contributed by atoms with Crippen molar-refractivity contribution in [3.05, 3.63) is 96.6 Å². The normalized spacial score (nSPS) is 10.9. The molecule has 2 heteroatoms. The van der Waals surface area contributed by atoms with E-state index in [0.717, 1.165) is 0 Å². The van der Waals surface area contributed by atoms with Crippen LogP contribution < -0.4 is 0 Å². The monoisotopic (exact) mass is 380 g/mol. The SMILES string of the molecule is Cc1cccc(-c2ccc3c4ccccc4c4ccccc4c3c2)c1.OCCO. The summed E-state index contributed by atoms with van der Waals surface area (Å²) in [6.45, 7) is 1.90. The summed E-state index contributed by atoms with van der Waals surface area (Å²) in [5.41, 5.74) is 3.84. The molecule has 0 aliphatic carbocycles. The molecule has 0 bridgehead atoms. The Kier molecular flexibility index (Phi) is 5.57. The predicted molar refractivity (Wildman–Crippen MR) is 123 cm³/mol. The van der Waals surface area contributed by atoms with Gasteiger partial charge in [0.15, 0.2) is 0 Å². The second kappa shape index (κ2) is 8.44. The van der Waals surface area contributed by atoms with Gasteiger partial charge < -0.3 is 10.2 Å². The Morgan fingerprint density at radius 1 is 0.483 bits per heavy atom. The lowest BCUT2D eigenvalue weighted by molar-refractivity contribution is 0.186. The van der Waals surface area contributed by atoms with E-state index in [0.29, 0.717) is 0 Å². The minimum atomic E-state index is -0.125. The lowest BCUT2D eigenvalue weighted by Gasteiger charge is -2.12. The minimum Gasteiger partial charge on any atom is -0.394 e. The highest BCUT2D eigenvalue weighted by molar-refractivity contribution is 6.25. The van der Waals surface area contributed by atoms with Crippen molar-refractivity contribution in [2.75, 3.05) is 13.2 Å². The Hall–Kier alpha value is -3.20. The third-order valence-electron chi connectivity index (χ3n) is 5.20. The first-order chi connectivity index (χ1) is 14.2. The maximum absolute atomic E-state index is 7.62. The molecule has 2 N–H and O–H groups in total. The van der Waals surface area contributed by atoms with E-state index in [9.17, 15) is 0 Å². The number of aliphatic hydroxyl groups excluding tert-OH is 2. The van der Waals surface area contributed by atoms with Gasteiger partial charge in [-0.25, -0.2) is 0 Å². The molecule has 0 aromatic heterocycles. The van der Waals surface area contributed by atoms with E-state index >= 15 is 0 Å². The van der Waals surface area contributed by atoms with Crippen molar-refractivity contribution >= 4 is 32.3 Å². The summed E-state index contributed by atoms with van der Waals surface area (Å²) in [4.78, 5) is 0. The summed E-state index contributed by atoms with van der Waals surface area (Å²) in [6.07, 6.45) is 0. The number of fused-ring (bicyclic) bond motifs is 6. The molecule has 2 nitrogen and oxygen atoms in total. The number of hydrogen-bond donors (Lipinski definition) is 2. The smallest absolute Gasteiger partial charge is 0.0662 e. The number of rotatable bonds is 2. The molecule has 0 aliphatic rings. The lowest BCUT2D eigenvalue weighted by Crippen LogP contribution is -1.85. The molecule has 29 heavy (non-hydrogen) atoms. The average Bonchev–Trinajstić information content (AvgIpc) is 2.79. The molecular weight excluding hydrogens is 356 g/mol. The van der Waals surface area contributed by atoms with Crippen LogP contribution in [0, 0.1) is 6.92 Å². The second-order valence-corrected chi connectivity index (χ2v) is 7.17. The molecule has 0 spiro atoms. The summed E-state index contributed by atoms with van der Waals surface area (Å²) >= 11 is 0. The number of aryl methyl sites for hydroxylation is 1. The standard InChI is InChI=1S/C25H18.C2H6O2/c1-17-7-6-8-18(15-17)19-13-14-24-22-11-3-2-9-20(22)21-10-4-5-12-23(21)25(24)16-19;3-1-2-4/h2-16H,1H3;3-4H,1-2H2. The topological polar surface area (TPSA) is 40.5 Å². The van der Waals surface area contributed by atoms with Crippen molar-refractivity contribution < 1.29 is 10.2 Å². The van der Waals surface area contributed by atoms with Crippen molar-refractivity contribution in [2.24, 2.45) is 0 Å². The number of hydrogen-bond acceptors (Lipinski definition) is 2. The van der Waals surface area contributed by atoms with Gasteiger partial charge in [0.1, 0.15) is 0 Å². The molecule has 0 heterocycles. The summed E-state index contributed by atoms with van der Waals surface area (Å²) in [6, 6.07) is 33.1. The first kappa shape index (κ1) is 19.1. The van der Waals surface area contributed by atoms with Crippen molar-refractivity contribution in [3.63, 3.8) is 0 Å². The summed E-state index contributed by atoms with van der Waals surface area (Å²) < 4.78 is 0. The van der Waals surface area contributed by atoms with Gasteiger partial charge in [0.25, 0.3) is 0 Å². The summed E-state index contributed by atoms with van der Waals surface area (Å²) in [7, 11) is 0. The highest BCUT2D eigenvalue weighted by Crippen LogP contribution is 2.36. The van der Waals surface area contributed by atoms with Gasteiger partial charge in [0, 0.05) is 0 Å². The van der Waals surface area contributed by atoms with Gasteiger partial charge in [-0.15, -0.1) is 0 Å². The Morgan fingerprint density at radius 3 is 1.48 bits per heavy atom. The van der Waals surface area contributed by atoms with Gasteiger partial charge in [-0.05, 0) is 56.4 Å². The van der Waals surface area contributed by atoms with Gasteiger partial charge in [-0.1, -0.05) is 90.5 Å². The van der Waals surface area contributed by atoms with E-state index in [2.05, 4.69) is 97.9 Å². The van der Waals surface area contributed by atoms with E-state index in [1.165, 1.54) is 49.0 Å². The average molecular weight is 380 g/mol. The Bertz CT molecular complexity index is 1250. The fraction of sp³-hybridized carbons (Fsp3) is 0.111. The van der Waals surface area contributed by atoms with E-state index in [1.54, 1.807) is 0 Å². The van der Waals surface area contributed by atoms with E-state index in [-0.39, 0.29) is 13.2 Å². The van der Waals surface area contributed by atoms with Crippen LogP contribution in [0.1, 0.15) is 5.56 Å². The summed E-state index contributed by atoms with van der Waals surface area (Å²) in [5.74, 6) is 0. The first-order valence-corrected chi connectivity index (χ1v) is 9.85. The molecule has 5 aromatic carbocycles. The third kappa shape index (κ3) is 3.73. The zero-order chi connectivity index (χ0) is 20.2. The van der Waals surface area contributed by atoms with Crippen LogP contribution >= 0.6 is 0 Å². The Labute approximate surface area is 170 Å². The van der Waals surface area contributed by atoms with Crippen LogP contribution in [0.15, 0.2) is 91.0 Å². The van der Waals surface area contributed by atoms with E-state index < -0.39 is 0 Å². The predicted octanol–water partition coefficient (Wildman–Crippen LogP) is 6.09. The maximum atomic E-state index is 7.62. The van der Waals surface area contributed by atoms with Crippen LogP contribution in [-0.4, -0.2) is 23.4 Å². The van der Waals surface area contributed by atoms with Crippen LogP contribution in [-0.2, 0) is 0 Å². The molecule has 0 amide bonds. The van der Waals surface area contributed by atoms with Crippen LogP contribution in [0.4, 0.5) is 0 Å². The fourth-order valence-corrected chi connectivity index (χ4v) is 3.91. The molecule has 5 rings (SSSR count). The molecule has 0 saturated heterocycles. The van der Waals surface area contributed by atoms with Crippen LogP contribution in [0.3, 0.4) is 0 Å². The molecule has 144 valence electrons. The molecule has 0 saturated carbocycles. The number of aliphatic hydroxyl groups is 2. The van der Waals surface area contributed by atoms with Gasteiger partial charge in [-0.2, -0.15) is 0 Å². The highest BCUT2D eigenvalue weighted by atomic mass is 16.3. The van der Waals surface area contributed by atoms with Gasteiger partial charge in [-0.3, -0.25) is 0 Å². The second-order valence-electron chi connectivity index (χ2n) is 7.17. The highest BCUT2D eigenvalue weighted by Gasteiger charge is 2.09. The van der Waals surface area contributed by atoms with Crippen LogP contribution in [0.2, 0.25) is 0 Å². The van der Waals surface area contributed by atoms with Crippen molar-refractivity contribution in [1.29, 1.82) is 0 Å². The summed E-state index contributed by atoms with van der Waals surface area (Å²) in [5, 5.41) is 23.2. The third-order valence-corrected chi connectivity index (χ3v) is 5.20. The Balaban J connectivity index is 0.000000472. The fourth-order valence-electron chi connectivity index (χ4n) is 3.91. The van der Waals surface area contributed by atoms with Crippen LogP contribution in [0.5, 0.6) is 0 Å². The molecule has 0 aliphatic heterocycles. The van der Waals surface area contributed by atoms with Crippen molar-refractivity contribution in [1.82, 2.24) is 0 Å². The van der Waals surface area contributed by atoms with Gasteiger partial charge in [0.2, 0.25) is 0 Å². The first-order valence-electron chi connectivity index (χ1n) is 9.85. The van der Waals surface area contributed by atoms with Crippen LogP contribution in [0.25, 0.3) is 43.4 Å². The maximum Gasteiger partial charge on any atom is 0.0662 e. The van der Waals surface area contributed by atoms with Crippen molar-refractivity contribution in [3.8, 4) is 11.1 Å². The van der Waals surface area contributed by atoms with Crippen molar-refractivity contribution in [2.45, 2.75) is 6.92 Å². The van der Waals surface area contributed by atoms with Gasteiger partial charge >= 0.3 is 0 Å². The van der Waals surface area contributed by atoms with E-state index in [4.69, 9.17) is 10.2 Å². The molecule has 5 aromatic rings. The van der Waals surface area contributed by atoms with Gasteiger partial charge in [0.05, 0.1) is 13.2 Å². The van der Waals surface area contributed by atoms with E-state index in [1.807, 2.05) is 0 Å².